The smallest absolute Gasteiger partial charge is 0.311 e. The minimum Gasteiger partial charge on any atom is -0.481 e. The highest BCUT2D eigenvalue weighted by Gasteiger charge is 2.27. The van der Waals surface area contributed by atoms with E-state index in [0.29, 0.717) is 5.30 Å². The molecule has 1 aromatic rings. The van der Waals surface area contributed by atoms with Gasteiger partial charge in [-0.25, -0.2) is 0 Å². The Hall–Kier alpha value is -1.59. The van der Waals surface area contributed by atoms with Crippen molar-refractivity contribution in [3.8, 4) is 6.07 Å². The third-order valence-electron chi connectivity index (χ3n) is 1.94. The topological polar surface area (TPSA) is 78.2 Å². The van der Waals surface area contributed by atoms with Crippen LogP contribution in [0.1, 0.15) is 0 Å². The maximum Gasteiger partial charge on any atom is 0.311 e. The molecule has 0 fully saturated rings. The van der Waals surface area contributed by atoms with Gasteiger partial charge in [-0.3, -0.25) is 4.79 Å². The van der Waals surface area contributed by atoms with Crippen LogP contribution in [0.3, 0.4) is 0 Å². The number of carbonyl (C=O) groups is 1. The van der Waals surface area contributed by atoms with Crippen molar-refractivity contribution in [2.45, 2.75) is 0 Å². The molecule has 1 aromatic carbocycles. The molecule has 0 aromatic heterocycles. The molecule has 0 radical (unpaired) electrons. The van der Waals surface area contributed by atoms with Crippen molar-refractivity contribution in [1.82, 2.24) is 0 Å². The van der Waals surface area contributed by atoms with Gasteiger partial charge in [0, 0.05) is 5.30 Å². The molecular weight excluding hydrogens is 213 g/mol. The number of nitriles is 1. The fraction of sp³-hybridized carbons (Fsp3) is 0.200. The predicted molar refractivity (Wildman–Crippen MR) is 56.7 cm³/mol. The Bertz CT molecular complexity index is 436. The third kappa shape index (κ3) is 2.93. The zero-order valence-corrected chi connectivity index (χ0v) is 8.85. The molecule has 0 saturated carbocycles. The van der Waals surface area contributed by atoms with Crippen LogP contribution in [-0.4, -0.2) is 23.4 Å². The molecule has 1 N–H and O–H groups in total. The average Bonchev–Trinajstić information content (AvgIpc) is 2.18. The Morgan fingerprint density at radius 3 is 2.47 bits per heavy atom. The number of hydrogen-bond acceptors (Lipinski definition) is 3. The van der Waals surface area contributed by atoms with E-state index < -0.39 is 19.3 Å². The zero-order chi connectivity index (χ0) is 11.3. The highest BCUT2D eigenvalue weighted by atomic mass is 31.2. The lowest BCUT2D eigenvalue weighted by atomic mass is 10.4. The summed E-state index contributed by atoms with van der Waals surface area (Å²) in [5, 5.41) is 17.7. The van der Waals surface area contributed by atoms with E-state index in [0.717, 1.165) is 0 Å². The standard InChI is InChI=1S/C10H10NO3P/c11-6-7-15(14,8-10(12)13)9-4-2-1-3-5-9/h1-5H,7-8H2,(H,12,13). The van der Waals surface area contributed by atoms with Gasteiger partial charge in [-0.2, -0.15) is 5.26 Å². The fourth-order valence-electron chi connectivity index (χ4n) is 1.27. The summed E-state index contributed by atoms with van der Waals surface area (Å²) in [5.74, 6) is -1.14. The third-order valence-corrected chi connectivity index (χ3v) is 4.62. The lowest BCUT2D eigenvalue weighted by Gasteiger charge is -2.12. The van der Waals surface area contributed by atoms with Gasteiger partial charge in [0.15, 0.2) is 0 Å². The summed E-state index contributed by atoms with van der Waals surface area (Å²) in [4.78, 5) is 10.6. The van der Waals surface area contributed by atoms with Crippen molar-refractivity contribution in [3.05, 3.63) is 30.3 Å². The zero-order valence-electron chi connectivity index (χ0n) is 7.96. The highest BCUT2D eigenvalue weighted by Crippen LogP contribution is 2.43. The lowest BCUT2D eigenvalue weighted by Crippen LogP contribution is -2.15. The molecule has 0 amide bonds. The molecule has 1 atom stereocenters. The summed E-state index contributed by atoms with van der Waals surface area (Å²) in [6.45, 7) is 0. The van der Waals surface area contributed by atoms with Crippen molar-refractivity contribution in [2.75, 3.05) is 12.3 Å². The quantitative estimate of drug-likeness (QED) is 0.780. The average molecular weight is 223 g/mol. The molecule has 0 heterocycles. The van der Waals surface area contributed by atoms with E-state index in [4.69, 9.17) is 10.4 Å². The lowest BCUT2D eigenvalue weighted by molar-refractivity contribution is -0.134. The first-order valence-electron chi connectivity index (χ1n) is 4.31. The van der Waals surface area contributed by atoms with E-state index in [-0.39, 0.29) is 6.16 Å². The summed E-state index contributed by atoms with van der Waals surface area (Å²) in [5.41, 5.74) is 0. The molecule has 15 heavy (non-hydrogen) atoms. The molecule has 1 rings (SSSR count). The summed E-state index contributed by atoms with van der Waals surface area (Å²) in [7, 11) is -3.09. The van der Waals surface area contributed by atoms with Crippen molar-refractivity contribution < 1.29 is 14.5 Å². The first-order valence-corrected chi connectivity index (χ1v) is 6.39. The number of nitrogens with zero attached hydrogens (tertiary/aromatic N) is 1. The molecule has 0 aliphatic rings. The molecule has 5 heteroatoms. The SMILES string of the molecule is N#CCP(=O)(CC(=O)O)c1ccccc1. The number of benzene rings is 1. The summed E-state index contributed by atoms with van der Waals surface area (Å²) >= 11 is 0. The summed E-state index contributed by atoms with van der Waals surface area (Å²) < 4.78 is 12.2. The number of carboxylic acids is 1. The predicted octanol–water partition coefficient (Wildman–Crippen LogP) is 1.28. The van der Waals surface area contributed by atoms with Crippen LogP contribution in [0, 0.1) is 11.3 Å². The van der Waals surface area contributed by atoms with Gasteiger partial charge in [-0.15, -0.1) is 0 Å². The number of hydrogen-bond donors (Lipinski definition) is 1. The maximum atomic E-state index is 12.2. The van der Waals surface area contributed by atoms with Crippen LogP contribution in [0.4, 0.5) is 0 Å². The van der Waals surface area contributed by atoms with Crippen molar-refractivity contribution in [1.29, 1.82) is 5.26 Å². The Balaban J connectivity index is 3.08. The van der Waals surface area contributed by atoms with Gasteiger partial charge < -0.3 is 9.67 Å². The van der Waals surface area contributed by atoms with E-state index >= 15 is 0 Å². The highest BCUT2D eigenvalue weighted by molar-refractivity contribution is 7.72. The second-order valence-electron chi connectivity index (χ2n) is 3.09. The normalized spacial score (nSPS) is 13.8. The van der Waals surface area contributed by atoms with Crippen LogP contribution in [-0.2, 0) is 9.36 Å². The Morgan fingerprint density at radius 1 is 1.40 bits per heavy atom. The molecule has 0 aliphatic heterocycles. The molecule has 0 spiro atoms. The summed E-state index contributed by atoms with van der Waals surface area (Å²) in [6, 6.07) is 10.1. The number of rotatable bonds is 4. The molecule has 4 nitrogen and oxygen atoms in total. The minimum atomic E-state index is -3.09. The minimum absolute atomic E-state index is 0.233. The molecule has 0 saturated heterocycles. The van der Waals surface area contributed by atoms with Crippen LogP contribution in [0.2, 0.25) is 0 Å². The van der Waals surface area contributed by atoms with E-state index in [1.54, 1.807) is 36.4 Å². The van der Waals surface area contributed by atoms with Gasteiger partial charge in [-0.1, -0.05) is 30.3 Å². The van der Waals surface area contributed by atoms with Gasteiger partial charge in [0.1, 0.15) is 13.3 Å². The largest absolute Gasteiger partial charge is 0.481 e. The first-order chi connectivity index (χ1) is 7.08. The van der Waals surface area contributed by atoms with E-state index in [1.807, 2.05) is 0 Å². The molecular formula is C10H10NO3P. The van der Waals surface area contributed by atoms with Crippen molar-refractivity contribution >= 4 is 18.4 Å². The van der Waals surface area contributed by atoms with Gasteiger partial charge in [-0.05, 0) is 0 Å². The molecule has 1 unspecified atom stereocenters. The van der Waals surface area contributed by atoms with Gasteiger partial charge in [0.2, 0.25) is 0 Å². The Kier molecular flexibility index (Phi) is 3.65. The van der Waals surface area contributed by atoms with Crippen LogP contribution >= 0.6 is 7.14 Å². The van der Waals surface area contributed by atoms with E-state index in [1.165, 1.54) is 0 Å². The van der Waals surface area contributed by atoms with Crippen LogP contribution < -0.4 is 5.30 Å². The molecule has 0 aliphatic carbocycles. The van der Waals surface area contributed by atoms with Crippen molar-refractivity contribution in [3.63, 3.8) is 0 Å². The van der Waals surface area contributed by atoms with Crippen LogP contribution in [0.25, 0.3) is 0 Å². The maximum absolute atomic E-state index is 12.2. The van der Waals surface area contributed by atoms with Crippen molar-refractivity contribution in [2.24, 2.45) is 0 Å². The Labute approximate surface area is 87.5 Å². The fourth-order valence-corrected chi connectivity index (χ4v) is 3.13. The Morgan fingerprint density at radius 2 is 2.00 bits per heavy atom. The van der Waals surface area contributed by atoms with Crippen LogP contribution in [0.15, 0.2) is 30.3 Å². The van der Waals surface area contributed by atoms with Crippen LogP contribution in [0.5, 0.6) is 0 Å². The summed E-state index contributed by atoms with van der Waals surface area (Å²) in [6.07, 6.45) is -0.701. The van der Waals surface area contributed by atoms with E-state index in [9.17, 15) is 9.36 Å². The number of aliphatic carboxylic acids is 1. The monoisotopic (exact) mass is 223 g/mol. The van der Waals surface area contributed by atoms with Gasteiger partial charge in [0.05, 0.1) is 12.2 Å². The van der Waals surface area contributed by atoms with E-state index in [2.05, 4.69) is 0 Å². The first kappa shape index (κ1) is 11.5. The van der Waals surface area contributed by atoms with Gasteiger partial charge >= 0.3 is 5.97 Å². The second-order valence-corrected chi connectivity index (χ2v) is 6.02. The second kappa shape index (κ2) is 4.77. The number of carboxylic acid groups (broad SMARTS) is 1. The molecule has 78 valence electrons. The molecule has 0 bridgehead atoms. The van der Waals surface area contributed by atoms with Gasteiger partial charge in [0.25, 0.3) is 0 Å².